The third-order valence-corrected chi connectivity index (χ3v) is 5.63. The Bertz CT molecular complexity index is 1080. The Balaban J connectivity index is 1.98. The molecule has 0 radical (unpaired) electrons. The highest BCUT2D eigenvalue weighted by Gasteiger charge is 2.25. The summed E-state index contributed by atoms with van der Waals surface area (Å²) in [6, 6.07) is 14.6. The van der Waals surface area contributed by atoms with Gasteiger partial charge in [0.05, 0.1) is 23.7 Å². The maximum atomic E-state index is 13.6. The van der Waals surface area contributed by atoms with Crippen molar-refractivity contribution in [2.24, 2.45) is 0 Å². The third kappa shape index (κ3) is 6.90. The van der Waals surface area contributed by atoms with Crippen molar-refractivity contribution in [2.75, 3.05) is 6.61 Å². The summed E-state index contributed by atoms with van der Waals surface area (Å²) in [7, 11) is 0. The van der Waals surface area contributed by atoms with Crippen molar-refractivity contribution in [2.45, 2.75) is 31.0 Å². The molecule has 1 unspecified atom stereocenters. The highest BCUT2D eigenvalue weighted by atomic mass is 35.5. The lowest BCUT2D eigenvalue weighted by Crippen LogP contribution is -2.26. The smallest absolute Gasteiger partial charge is 0.305 e. The van der Waals surface area contributed by atoms with Crippen LogP contribution in [0.5, 0.6) is 5.75 Å². The fourth-order valence-electron chi connectivity index (χ4n) is 3.66. The molecule has 180 valence electrons. The highest BCUT2D eigenvalue weighted by molar-refractivity contribution is 6.35. The lowest BCUT2D eigenvalue weighted by molar-refractivity contribution is -0.139. The van der Waals surface area contributed by atoms with Gasteiger partial charge in [-0.25, -0.2) is 8.78 Å². The van der Waals surface area contributed by atoms with E-state index in [4.69, 9.17) is 33.0 Å². The molecule has 0 bridgehead atoms. The molecule has 0 aliphatic rings. The Morgan fingerprint density at radius 1 is 0.882 bits per heavy atom. The highest BCUT2D eigenvalue weighted by Crippen LogP contribution is 2.42. The number of halogens is 4. The van der Waals surface area contributed by atoms with E-state index < -0.39 is 42.2 Å². The Labute approximate surface area is 205 Å². The first-order valence-corrected chi connectivity index (χ1v) is 11.1. The Morgan fingerprint density at radius 2 is 1.41 bits per heavy atom. The second kappa shape index (κ2) is 11.6. The molecular formula is C25H22Cl2F2O5. The van der Waals surface area contributed by atoms with E-state index >= 15 is 0 Å². The van der Waals surface area contributed by atoms with Gasteiger partial charge in [-0.05, 0) is 47.5 Å². The fourth-order valence-corrected chi connectivity index (χ4v) is 4.22. The monoisotopic (exact) mass is 510 g/mol. The van der Waals surface area contributed by atoms with E-state index in [0.717, 1.165) is 0 Å². The maximum absolute atomic E-state index is 13.6. The van der Waals surface area contributed by atoms with Crippen LogP contribution in [-0.4, -0.2) is 40.1 Å². The van der Waals surface area contributed by atoms with E-state index in [9.17, 15) is 23.8 Å². The summed E-state index contributed by atoms with van der Waals surface area (Å²) in [6.07, 6.45) is -3.15. The van der Waals surface area contributed by atoms with Crippen molar-refractivity contribution in [1.29, 1.82) is 0 Å². The van der Waals surface area contributed by atoms with Crippen molar-refractivity contribution in [3.63, 3.8) is 0 Å². The number of ether oxygens (including phenoxy) is 1. The third-order valence-electron chi connectivity index (χ3n) is 5.13. The average Bonchev–Trinajstić information content (AvgIpc) is 2.75. The normalized spacial score (nSPS) is 13.0. The molecular weight excluding hydrogens is 489 g/mol. The van der Waals surface area contributed by atoms with E-state index in [0.29, 0.717) is 21.7 Å². The molecule has 3 aromatic rings. The first kappa shape index (κ1) is 25.9. The quantitative estimate of drug-likeness (QED) is 0.317. The van der Waals surface area contributed by atoms with E-state index in [1.54, 1.807) is 30.3 Å². The minimum Gasteiger partial charge on any atom is -0.489 e. The molecule has 0 spiro atoms. The zero-order valence-corrected chi connectivity index (χ0v) is 19.3. The van der Waals surface area contributed by atoms with Crippen LogP contribution in [0.15, 0.2) is 60.7 Å². The number of aliphatic carboxylic acids is 1. The number of aliphatic hydroxyl groups excluding tert-OH is 2. The minimum atomic E-state index is -1.25. The van der Waals surface area contributed by atoms with Crippen LogP contribution in [0.25, 0.3) is 0 Å². The van der Waals surface area contributed by atoms with Gasteiger partial charge in [0.2, 0.25) is 0 Å². The van der Waals surface area contributed by atoms with Crippen LogP contribution in [-0.2, 0) is 4.79 Å². The molecule has 0 aliphatic carbocycles. The molecule has 9 heteroatoms. The van der Waals surface area contributed by atoms with E-state index in [1.807, 2.05) is 0 Å². The molecule has 0 saturated carbocycles. The van der Waals surface area contributed by atoms with Gasteiger partial charge in [0.15, 0.2) is 0 Å². The summed E-state index contributed by atoms with van der Waals surface area (Å²) >= 11 is 12.7. The Morgan fingerprint density at radius 3 is 1.91 bits per heavy atom. The maximum Gasteiger partial charge on any atom is 0.305 e. The Hall–Kier alpha value is -2.71. The lowest BCUT2D eigenvalue weighted by Gasteiger charge is -2.24. The Kier molecular flexibility index (Phi) is 8.85. The molecule has 3 N–H and O–H groups in total. The second-order valence-corrected chi connectivity index (χ2v) is 8.64. The predicted octanol–water partition coefficient (Wildman–Crippen LogP) is 5.42. The molecule has 3 rings (SSSR count). The lowest BCUT2D eigenvalue weighted by atomic mass is 9.84. The summed E-state index contributed by atoms with van der Waals surface area (Å²) < 4.78 is 33.0. The SMILES string of the molecule is O=C(O)C[C@H](O)CC(O)COc1c(Cl)cc(Cl)cc1C(c1ccc(F)cc1)c1ccc(F)cc1. The average molecular weight is 511 g/mol. The summed E-state index contributed by atoms with van der Waals surface area (Å²) in [5.74, 6) is -2.42. The summed E-state index contributed by atoms with van der Waals surface area (Å²) in [4.78, 5) is 10.7. The van der Waals surface area contributed by atoms with Crippen LogP contribution >= 0.6 is 23.2 Å². The van der Waals surface area contributed by atoms with Crippen LogP contribution in [0.2, 0.25) is 10.0 Å². The molecule has 0 aromatic heterocycles. The summed E-state index contributed by atoms with van der Waals surface area (Å²) in [5.41, 5.74) is 1.82. The number of benzene rings is 3. The number of hydrogen-bond donors (Lipinski definition) is 3. The molecule has 5 nitrogen and oxygen atoms in total. The minimum absolute atomic E-state index is 0.148. The summed E-state index contributed by atoms with van der Waals surface area (Å²) in [5, 5.41) is 29.2. The number of rotatable bonds is 10. The molecule has 0 heterocycles. The topological polar surface area (TPSA) is 87.0 Å². The molecule has 0 fully saturated rings. The number of aliphatic hydroxyl groups is 2. The van der Waals surface area contributed by atoms with Gasteiger partial charge in [0.25, 0.3) is 0 Å². The van der Waals surface area contributed by atoms with Crippen LogP contribution in [0, 0.1) is 11.6 Å². The van der Waals surface area contributed by atoms with Crippen LogP contribution in [0.4, 0.5) is 8.78 Å². The largest absolute Gasteiger partial charge is 0.489 e. The van der Waals surface area contributed by atoms with Crippen LogP contribution in [0.3, 0.4) is 0 Å². The van der Waals surface area contributed by atoms with E-state index in [1.165, 1.54) is 30.3 Å². The number of carboxylic acids is 1. The molecule has 3 aromatic carbocycles. The van der Waals surface area contributed by atoms with Gasteiger partial charge >= 0.3 is 5.97 Å². The predicted molar refractivity (Wildman–Crippen MR) is 125 cm³/mol. The van der Waals surface area contributed by atoms with E-state index in [2.05, 4.69) is 0 Å². The van der Waals surface area contributed by atoms with Gasteiger partial charge in [-0.3, -0.25) is 4.79 Å². The standard InChI is InChI=1S/C25H22Cl2F2O5/c26-16-9-21(25(22(27)10-16)34-13-20(31)11-19(30)12-23(32)33)24(14-1-5-17(28)6-2-14)15-3-7-18(29)8-4-15/h1-10,19-20,24,30-31H,11-13H2,(H,32,33)/t19-,20?/m1/s1. The van der Waals surface area contributed by atoms with Crippen molar-refractivity contribution < 1.29 is 33.6 Å². The number of hydrogen-bond acceptors (Lipinski definition) is 4. The van der Waals surface area contributed by atoms with Gasteiger partial charge in [0, 0.05) is 22.9 Å². The van der Waals surface area contributed by atoms with Gasteiger partial charge in [-0.1, -0.05) is 47.5 Å². The zero-order valence-electron chi connectivity index (χ0n) is 17.8. The molecule has 0 amide bonds. The number of carbonyl (C=O) groups is 1. The van der Waals surface area contributed by atoms with Gasteiger partial charge in [-0.15, -0.1) is 0 Å². The molecule has 0 aliphatic heterocycles. The van der Waals surface area contributed by atoms with Crippen molar-refractivity contribution in [3.8, 4) is 5.75 Å². The van der Waals surface area contributed by atoms with Gasteiger partial charge in [0.1, 0.15) is 24.0 Å². The van der Waals surface area contributed by atoms with Crippen molar-refractivity contribution >= 4 is 29.2 Å². The second-order valence-electron chi connectivity index (χ2n) is 7.79. The van der Waals surface area contributed by atoms with E-state index in [-0.39, 0.29) is 23.8 Å². The van der Waals surface area contributed by atoms with Crippen LogP contribution in [0.1, 0.15) is 35.4 Å². The fraction of sp³-hybridized carbons (Fsp3) is 0.240. The van der Waals surface area contributed by atoms with Crippen molar-refractivity contribution in [1.82, 2.24) is 0 Å². The zero-order chi connectivity index (χ0) is 24.8. The summed E-state index contributed by atoms with van der Waals surface area (Å²) in [6.45, 7) is -0.287. The van der Waals surface area contributed by atoms with Gasteiger partial charge in [-0.2, -0.15) is 0 Å². The molecule has 2 atom stereocenters. The van der Waals surface area contributed by atoms with Crippen LogP contribution < -0.4 is 4.74 Å². The molecule has 34 heavy (non-hydrogen) atoms. The first-order chi connectivity index (χ1) is 16.1. The number of carboxylic acid groups (broad SMARTS) is 1. The molecule has 0 saturated heterocycles. The van der Waals surface area contributed by atoms with Crippen molar-refractivity contribution in [3.05, 3.63) is 99.0 Å². The first-order valence-electron chi connectivity index (χ1n) is 10.3. The van der Waals surface area contributed by atoms with Gasteiger partial charge < -0.3 is 20.1 Å².